The molecule has 0 radical (unpaired) electrons. The minimum Gasteiger partial charge on any atom is -0.122 e. The molecule has 2 aromatic carbocycles. The highest BCUT2D eigenvalue weighted by Gasteiger charge is 2.09. The van der Waals surface area contributed by atoms with Gasteiger partial charge in [-0.2, -0.15) is 0 Å². The van der Waals surface area contributed by atoms with Crippen LogP contribution in [0.1, 0.15) is 16.7 Å². The van der Waals surface area contributed by atoms with Gasteiger partial charge in [0.1, 0.15) is 0 Å². The Hall–Kier alpha value is -1.05. The standard InChI is InChI=1S/C15H17ClSi/c1-10-6-7-13(11(2)8-10)15-12(9-16)4-3-5-14(15)17/h3-8H,9H2,1-2,17H3. The first-order chi connectivity index (χ1) is 8.13. The van der Waals surface area contributed by atoms with Gasteiger partial charge in [0.05, 0.1) is 0 Å². The largest absolute Gasteiger partial charge is 0.122 e. The lowest BCUT2D eigenvalue weighted by atomic mass is 9.95. The van der Waals surface area contributed by atoms with E-state index in [1.165, 1.54) is 33.0 Å². The van der Waals surface area contributed by atoms with Crippen molar-refractivity contribution in [2.45, 2.75) is 19.7 Å². The molecular formula is C15H17ClSi. The molecule has 0 aliphatic carbocycles. The second-order valence-corrected chi connectivity index (χ2v) is 5.91. The first-order valence-electron chi connectivity index (χ1n) is 5.85. The molecule has 0 aliphatic rings. The van der Waals surface area contributed by atoms with E-state index >= 15 is 0 Å². The molecule has 0 heterocycles. The second kappa shape index (κ2) is 5.07. The minimum atomic E-state index is 0.582. The topological polar surface area (TPSA) is 0 Å². The summed E-state index contributed by atoms with van der Waals surface area (Å²) in [5, 5.41) is 1.43. The Kier molecular flexibility index (Phi) is 3.70. The summed E-state index contributed by atoms with van der Waals surface area (Å²) in [6.45, 7) is 4.31. The molecule has 0 nitrogen and oxygen atoms in total. The van der Waals surface area contributed by atoms with E-state index in [0.717, 1.165) is 10.2 Å². The van der Waals surface area contributed by atoms with Gasteiger partial charge in [0, 0.05) is 16.1 Å². The van der Waals surface area contributed by atoms with Crippen LogP contribution in [0, 0.1) is 13.8 Å². The lowest BCUT2D eigenvalue weighted by molar-refractivity contribution is 1.35. The lowest BCUT2D eigenvalue weighted by Gasteiger charge is -2.14. The molecule has 0 aromatic heterocycles. The Balaban J connectivity index is 2.67. The molecule has 0 saturated heterocycles. The second-order valence-electron chi connectivity index (χ2n) is 4.56. The normalized spacial score (nSPS) is 10.8. The zero-order valence-electron chi connectivity index (χ0n) is 10.5. The Morgan fingerprint density at radius 2 is 1.88 bits per heavy atom. The lowest BCUT2D eigenvalue weighted by Crippen LogP contribution is -2.09. The van der Waals surface area contributed by atoms with E-state index in [4.69, 9.17) is 11.6 Å². The summed E-state index contributed by atoms with van der Waals surface area (Å²) in [5.41, 5.74) is 6.57. The van der Waals surface area contributed by atoms with E-state index < -0.39 is 0 Å². The fourth-order valence-electron chi connectivity index (χ4n) is 2.32. The van der Waals surface area contributed by atoms with Crippen molar-refractivity contribution in [2.24, 2.45) is 0 Å². The minimum absolute atomic E-state index is 0.582. The van der Waals surface area contributed by atoms with Crippen LogP contribution in [0.25, 0.3) is 11.1 Å². The highest BCUT2D eigenvalue weighted by Crippen LogP contribution is 2.26. The number of rotatable bonds is 2. The first-order valence-corrected chi connectivity index (χ1v) is 7.39. The molecule has 0 unspecified atom stereocenters. The van der Waals surface area contributed by atoms with Gasteiger partial charge >= 0.3 is 0 Å². The number of benzene rings is 2. The van der Waals surface area contributed by atoms with Crippen LogP contribution in [0.5, 0.6) is 0 Å². The highest BCUT2D eigenvalue weighted by atomic mass is 35.5. The number of hydrogen-bond acceptors (Lipinski definition) is 0. The van der Waals surface area contributed by atoms with Crippen LogP contribution in [-0.4, -0.2) is 10.2 Å². The van der Waals surface area contributed by atoms with Crippen molar-refractivity contribution in [3.05, 3.63) is 53.1 Å². The molecule has 0 atom stereocenters. The van der Waals surface area contributed by atoms with Crippen molar-refractivity contribution in [3.63, 3.8) is 0 Å². The number of halogens is 1. The van der Waals surface area contributed by atoms with Crippen molar-refractivity contribution in [1.29, 1.82) is 0 Å². The Morgan fingerprint density at radius 1 is 1.12 bits per heavy atom. The molecule has 0 N–H and O–H groups in total. The molecule has 0 spiro atoms. The summed E-state index contributed by atoms with van der Waals surface area (Å²) in [6.07, 6.45) is 0. The van der Waals surface area contributed by atoms with Crippen molar-refractivity contribution in [2.75, 3.05) is 0 Å². The Morgan fingerprint density at radius 3 is 2.53 bits per heavy atom. The van der Waals surface area contributed by atoms with Crippen molar-refractivity contribution in [1.82, 2.24) is 0 Å². The fourth-order valence-corrected chi connectivity index (χ4v) is 3.32. The summed E-state index contributed by atoms with van der Waals surface area (Å²) < 4.78 is 0. The van der Waals surface area contributed by atoms with E-state index in [-0.39, 0.29) is 0 Å². The summed E-state index contributed by atoms with van der Waals surface area (Å²) in [7, 11) is 1.05. The third kappa shape index (κ3) is 2.45. The first kappa shape index (κ1) is 12.4. The van der Waals surface area contributed by atoms with Crippen LogP contribution in [-0.2, 0) is 5.88 Å². The van der Waals surface area contributed by atoms with Gasteiger partial charge in [0.15, 0.2) is 0 Å². The van der Waals surface area contributed by atoms with Crippen LogP contribution in [0.4, 0.5) is 0 Å². The van der Waals surface area contributed by atoms with Gasteiger partial charge in [-0.05, 0) is 36.1 Å². The van der Waals surface area contributed by atoms with Gasteiger partial charge < -0.3 is 0 Å². The summed E-state index contributed by atoms with van der Waals surface area (Å²) in [5.74, 6) is 0.582. The molecule has 17 heavy (non-hydrogen) atoms. The van der Waals surface area contributed by atoms with E-state index in [0.29, 0.717) is 5.88 Å². The average Bonchev–Trinajstić information content (AvgIpc) is 2.30. The fraction of sp³-hybridized carbons (Fsp3) is 0.200. The SMILES string of the molecule is Cc1ccc(-c2c([SiH3])cccc2CCl)c(C)c1. The van der Waals surface area contributed by atoms with Crippen LogP contribution in [0.2, 0.25) is 0 Å². The molecule has 0 saturated carbocycles. The third-order valence-electron chi connectivity index (χ3n) is 3.15. The molecular weight excluding hydrogens is 244 g/mol. The third-order valence-corrected chi connectivity index (χ3v) is 4.28. The predicted octanol–water partition coefficient (Wildman–Crippen LogP) is 2.70. The van der Waals surface area contributed by atoms with Gasteiger partial charge in [0.2, 0.25) is 0 Å². The molecule has 88 valence electrons. The zero-order chi connectivity index (χ0) is 12.4. The summed E-state index contributed by atoms with van der Waals surface area (Å²) in [6, 6.07) is 13.1. The van der Waals surface area contributed by atoms with Crippen LogP contribution in [0.15, 0.2) is 36.4 Å². The van der Waals surface area contributed by atoms with Crippen molar-refractivity contribution in [3.8, 4) is 11.1 Å². The van der Waals surface area contributed by atoms with Gasteiger partial charge in [-0.3, -0.25) is 0 Å². The van der Waals surface area contributed by atoms with Crippen molar-refractivity contribution >= 4 is 27.0 Å². The summed E-state index contributed by atoms with van der Waals surface area (Å²) >= 11 is 6.05. The van der Waals surface area contributed by atoms with Crippen molar-refractivity contribution < 1.29 is 0 Å². The van der Waals surface area contributed by atoms with E-state index in [1.54, 1.807) is 0 Å². The van der Waals surface area contributed by atoms with Gasteiger partial charge in [-0.25, -0.2) is 0 Å². The number of alkyl halides is 1. The molecule has 0 bridgehead atoms. The maximum absolute atomic E-state index is 6.05. The Labute approximate surface area is 111 Å². The van der Waals surface area contributed by atoms with Gasteiger partial charge in [0.25, 0.3) is 0 Å². The molecule has 2 aromatic rings. The van der Waals surface area contributed by atoms with Gasteiger partial charge in [-0.15, -0.1) is 11.6 Å². The molecule has 0 fully saturated rings. The van der Waals surface area contributed by atoms with Crippen LogP contribution >= 0.6 is 11.6 Å². The number of hydrogen-bond donors (Lipinski definition) is 0. The van der Waals surface area contributed by atoms with E-state index in [9.17, 15) is 0 Å². The smallest absolute Gasteiger partial charge is 0.0480 e. The maximum atomic E-state index is 6.05. The van der Waals surface area contributed by atoms with Crippen LogP contribution < -0.4 is 5.19 Å². The highest BCUT2D eigenvalue weighted by molar-refractivity contribution is 6.36. The summed E-state index contributed by atoms with van der Waals surface area (Å²) in [4.78, 5) is 0. The van der Waals surface area contributed by atoms with E-state index in [2.05, 4.69) is 50.2 Å². The molecule has 0 amide bonds. The quantitative estimate of drug-likeness (QED) is 0.575. The maximum Gasteiger partial charge on any atom is 0.0480 e. The monoisotopic (exact) mass is 260 g/mol. The Bertz CT molecular complexity index is 547. The molecule has 2 rings (SSSR count). The molecule has 2 heteroatoms. The predicted molar refractivity (Wildman–Crippen MR) is 80.5 cm³/mol. The van der Waals surface area contributed by atoms with Gasteiger partial charge in [-0.1, -0.05) is 47.1 Å². The number of aryl methyl sites for hydroxylation is 2. The molecule has 0 aliphatic heterocycles. The zero-order valence-corrected chi connectivity index (χ0v) is 13.3. The van der Waals surface area contributed by atoms with Crippen LogP contribution in [0.3, 0.4) is 0 Å². The average molecular weight is 261 g/mol. The van der Waals surface area contributed by atoms with E-state index in [1.807, 2.05) is 0 Å².